The number of anilines is 1. The quantitative estimate of drug-likeness (QED) is 0.596. The smallest absolute Gasteiger partial charge is 0.156 e. The first-order valence-electron chi connectivity index (χ1n) is 3.09. The van der Waals surface area contributed by atoms with E-state index in [0.717, 1.165) is 11.3 Å². The molecule has 1 aliphatic heterocycles. The first-order chi connectivity index (χ1) is 4.88. The second kappa shape index (κ2) is 1.77. The van der Waals surface area contributed by atoms with E-state index in [1.165, 1.54) is 0 Å². The standard InChI is InChI=1S/C8H7NO/c9-7-4-3-6-2-1-5-10-8(6)7/h1-5H,9H2. The molecule has 2 N–H and O–H groups in total. The maximum absolute atomic E-state index is 5.58. The molecule has 0 atom stereocenters. The Bertz CT molecular complexity index is 313. The second-order valence-corrected chi connectivity index (χ2v) is 2.19. The van der Waals surface area contributed by atoms with Gasteiger partial charge in [-0.25, -0.2) is 0 Å². The zero-order valence-corrected chi connectivity index (χ0v) is 5.37. The third kappa shape index (κ3) is 0.589. The first-order valence-corrected chi connectivity index (χ1v) is 3.09. The van der Waals surface area contributed by atoms with Crippen LogP contribution in [0, 0.1) is 0 Å². The molecule has 0 saturated carbocycles. The first kappa shape index (κ1) is 5.35. The van der Waals surface area contributed by atoms with Crippen molar-refractivity contribution in [3.8, 4) is 11.3 Å². The fourth-order valence-corrected chi connectivity index (χ4v) is 1.02. The minimum atomic E-state index is 0.704. The minimum Gasteiger partial charge on any atom is -0.462 e. The lowest BCUT2D eigenvalue weighted by Gasteiger charge is -1.95. The molecule has 0 spiro atoms. The van der Waals surface area contributed by atoms with E-state index in [9.17, 15) is 0 Å². The predicted octanol–water partition coefficient (Wildman–Crippen LogP) is 1.97. The van der Waals surface area contributed by atoms with E-state index >= 15 is 0 Å². The minimum absolute atomic E-state index is 0.704. The molecule has 0 aromatic carbocycles. The second-order valence-electron chi connectivity index (χ2n) is 2.19. The van der Waals surface area contributed by atoms with Crippen molar-refractivity contribution in [1.82, 2.24) is 0 Å². The topological polar surface area (TPSA) is 39.2 Å². The molecule has 2 nitrogen and oxygen atoms in total. The maximum atomic E-state index is 5.58. The number of nitrogen functional groups attached to an aromatic ring is 1. The average molecular weight is 133 g/mol. The van der Waals surface area contributed by atoms with E-state index in [-0.39, 0.29) is 0 Å². The van der Waals surface area contributed by atoms with Crippen LogP contribution in [0.1, 0.15) is 0 Å². The molecule has 0 saturated heterocycles. The van der Waals surface area contributed by atoms with Gasteiger partial charge in [0, 0.05) is 5.56 Å². The summed E-state index contributed by atoms with van der Waals surface area (Å²) in [6.07, 6.45) is 1.62. The molecule has 2 rings (SSSR count). The van der Waals surface area contributed by atoms with Crippen LogP contribution in [0.25, 0.3) is 11.3 Å². The predicted molar refractivity (Wildman–Crippen MR) is 39.7 cm³/mol. The Morgan fingerprint density at radius 1 is 1.20 bits per heavy atom. The normalized spacial score (nSPS) is 10.4. The van der Waals surface area contributed by atoms with Gasteiger partial charge in [0.25, 0.3) is 0 Å². The van der Waals surface area contributed by atoms with Gasteiger partial charge in [-0.2, -0.15) is 0 Å². The van der Waals surface area contributed by atoms with Crippen molar-refractivity contribution in [2.24, 2.45) is 0 Å². The van der Waals surface area contributed by atoms with E-state index in [1.807, 2.05) is 24.3 Å². The van der Waals surface area contributed by atoms with Crippen LogP contribution in [0.4, 0.5) is 5.69 Å². The molecule has 0 unspecified atom stereocenters. The summed E-state index contributed by atoms with van der Waals surface area (Å²) in [6.45, 7) is 0. The molecule has 10 heavy (non-hydrogen) atoms. The molecule has 0 aromatic rings. The lowest BCUT2D eigenvalue weighted by Crippen LogP contribution is -1.82. The Hall–Kier alpha value is -1.44. The van der Waals surface area contributed by atoms with Crippen molar-refractivity contribution in [3.63, 3.8) is 0 Å². The molecule has 0 aromatic heterocycles. The Labute approximate surface area is 58.6 Å². The lowest BCUT2D eigenvalue weighted by atomic mass is 10.2. The molecule has 50 valence electrons. The summed E-state index contributed by atoms with van der Waals surface area (Å²) in [5.41, 5.74) is 7.34. The lowest BCUT2D eigenvalue weighted by molar-refractivity contribution is 0.569. The number of hydrogen-bond acceptors (Lipinski definition) is 2. The SMILES string of the molecule is Nc1ccc2cccoc1-2. The van der Waals surface area contributed by atoms with Gasteiger partial charge in [0.2, 0.25) is 0 Å². The highest BCUT2D eigenvalue weighted by Gasteiger charge is 2.06. The van der Waals surface area contributed by atoms with Crippen molar-refractivity contribution >= 4 is 5.69 Å². The van der Waals surface area contributed by atoms with Crippen LogP contribution in [0.15, 0.2) is 34.9 Å². The van der Waals surface area contributed by atoms with Crippen molar-refractivity contribution < 1.29 is 4.42 Å². The third-order valence-corrected chi connectivity index (χ3v) is 1.51. The van der Waals surface area contributed by atoms with Crippen LogP contribution in [-0.2, 0) is 0 Å². The molecule has 0 radical (unpaired) electrons. The molecule has 2 heteroatoms. The van der Waals surface area contributed by atoms with Crippen LogP contribution in [0.2, 0.25) is 0 Å². The monoisotopic (exact) mass is 133 g/mol. The van der Waals surface area contributed by atoms with E-state index < -0.39 is 0 Å². The summed E-state index contributed by atoms with van der Waals surface area (Å²) >= 11 is 0. The zero-order chi connectivity index (χ0) is 6.97. The Morgan fingerprint density at radius 3 is 2.90 bits per heavy atom. The maximum Gasteiger partial charge on any atom is 0.156 e. The van der Waals surface area contributed by atoms with Gasteiger partial charge in [-0.15, -0.1) is 0 Å². The molecule has 0 amide bonds. The Balaban J connectivity index is 2.78. The number of hydrogen-bond donors (Lipinski definition) is 1. The van der Waals surface area contributed by atoms with Crippen molar-refractivity contribution in [1.29, 1.82) is 0 Å². The van der Waals surface area contributed by atoms with E-state index in [0.29, 0.717) is 5.69 Å². The van der Waals surface area contributed by atoms with Crippen molar-refractivity contribution in [2.45, 2.75) is 0 Å². The Morgan fingerprint density at radius 2 is 2.10 bits per heavy atom. The average Bonchev–Trinajstić information content (AvgIpc) is 2.34. The zero-order valence-electron chi connectivity index (χ0n) is 5.37. The van der Waals surface area contributed by atoms with E-state index in [4.69, 9.17) is 10.2 Å². The summed E-state index contributed by atoms with van der Waals surface area (Å²) in [4.78, 5) is 0. The fraction of sp³-hybridized carbons (Fsp3) is 0. The van der Waals surface area contributed by atoms with E-state index in [2.05, 4.69) is 0 Å². The van der Waals surface area contributed by atoms with Crippen molar-refractivity contribution in [3.05, 3.63) is 30.5 Å². The van der Waals surface area contributed by atoms with Gasteiger partial charge in [0.1, 0.15) is 0 Å². The molecule has 0 fully saturated rings. The molecule has 1 heterocycles. The van der Waals surface area contributed by atoms with Crippen LogP contribution >= 0.6 is 0 Å². The number of nitrogens with two attached hydrogens (primary N) is 1. The van der Waals surface area contributed by atoms with Gasteiger partial charge in [0.05, 0.1) is 12.0 Å². The fourth-order valence-electron chi connectivity index (χ4n) is 1.02. The largest absolute Gasteiger partial charge is 0.462 e. The van der Waals surface area contributed by atoms with Gasteiger partial charge < -0.3 is 10.2 Å². The third-order valence-electron chi connectivity index (χ3n) is 1.51. The van der Waals surface area contributed by atoms with Crippen LogP contribution < -0.4 is 5.73 Å². The van der Waals surface area contributed by atoms with Crippen molar-refractivity contribution in [2.75, 3.05) is 5.73 Å². The van der Waals surface area contributed by atoms with Gasteiger partial charge in [0.15, 0.2) is 5.76 Å². The summed E-state index contributed by atoms with van der Waals surface area (Å²) in [5.74, 6) is 0.780. The number of rotatable bonds is 0. The molecular weight excluding hydrogens is 126 g/mol. The molecule has 0 bridgehead atoms. The highest BCUT2D eigenvalue weighted by molar-refractivity contribution is 5.74. The summed E-state index contributed by atoms with van der Waals surface area (Å²) < 4.78 is 5.16. The van der Waals surface area contributed by atoms with Crippen LogP contribution in [-0.4, -0.2) is 0 Å². The van der Waals surface area contributed by atoms with E-state index in [1.54, 1.807) is 6.26 Å². The van der Waals surface area contributed by atoms with Crippen LogP contribution in [0.5, 0.6) is 0 Å². The molecule has 2 aliphatic rings. The number of fused-ring (bicyclic) bond motifs is 1. The molecule has 1 aliphatic carbocycles. The van der Waals surface area contributed by atoms with Gasteiger partial charge in [-0.05, 0) is 24.3 Å². The summed E-state index contributed by atoms with van der Waals surface area (Å²) in [5, 5.41) is 0. The highest BCUT2D eigenvalue weighted by Crippen LogP contribution is 2.28. The van der Waals surface area contributed by atoms with Gasteiger partial charge in [-0.1, -0.05) is 0 Å². The van der Waals surface area contributed by atoms with Gasteiger partial charge in [-0.3, -0.25) is 0 Å². The summed E-state index contributed by atoms with van der Waals surface area (Å²) in [6, 6.07) is 7.60. The highest BCUT2D eigenvalue weighted by atomic mass is 16.3. The van der Waals surface area contributed by atoms with Gasteiger partial charge >= 0.3 is 0 Å². The molecular formula is C8H7NO. The Kier molecular flexibility index (Phi) is 0.947. The summed E-state index contributed by atoms with van der Waals surface area (Å²) in [7, 11) is 0. The van der Waals surface area contributed by atoms with Crippen LogP contribution in [0.3, 0.4) is 0 Å².